The van der Waals surface area contributed by atoms with Gasteiger partial charge in [-0.1, -0.05) is 11.8 Å². The number of hydrogen-bond donors (Lipinski definition) is 1. The van der Waals surface area contributed by atoms with Gasteiger partial charge in [-0.3, -0.25) is 4.79 Å². The molecule has 0 radical (unpaired) electrons. The van der Waals surface area contributed by atoms with Crippen molar-refractivity contribution in [3.63, 3.8) is 0 Å². The van der Waals surface area contributed by atoms with Crippen molar-refractivity contribution in [2.75, 3.05) is 26.8 Å². The van der Waals surface area contributed by atoms with E-state index in [1.54, 1.807) is 33.1 Å². The molecule has 0 bridgehead atoms. The molecule has 2 rings (SSSR count). The normalized spacial score (nSPS) is 18.3. The van der Waals surface area contributed by atoms with Gasteiger partial charge in [0.05, 0.1) is 6.61 Å². The lowest BCUT2D eigenvalue weighted by atomic mass is 9.98. The highest BCUT2D eigenvalue weighted by Crippen LogP contribution is 2.19. The van der Waals surface area contributed by atoms with Gasteiger partial charge in [-0.15, -0.1) is 0 Å². The molecule has 1 fully saturated rings. The van der Waals surface area contributed by atoms with Gasteiger partial charge >= 0.3 is 0 Å². The molecular formula is C19H25NO3. The van der Waals surface area contributed by atoms with Gasteiger partial charge in [-0.25, -0.2) is 0 Å². The van der Waals surface area contributed by atoms with Crippen molar-refractivity contribution < 1.29 is 14.6 Å². The molecular weight excluding hydrogens is 290 g/mol. The Hall–Kier alpha value is -1.83. The molecule has 1 saturated heterocycles. The van der Waals surface area contributed by atoms with Gasteiger partial charge in [0.25, 0.3) is 5.91 Å². The molecule has 0 aromatic heterocycles. The maximum Gasteiger partial charge on any atom is 0.253 e. The lowest BCUT2D eigenvalue weighted by Crippen LogP contribution is -2.41. The van der Waals surface area contributed by atoms with E-state index >= 15 is 0 Å². The molecule has 0 unspecified atom stereocenters. The first-order chi connectivity index (χ1) is 10.9. The molecule has 1 aromatic rings. The van der Waals surface area contributed by atoms with E-state index in [-0.39, 0.29) is 5.91 Å². The number of amides is 1. The first kappa shape index (κ1) is 17.5. The van der Waals surface area contributed by atoms with E-state index in [1.165, 1.54) is 0 Å². The zero-order valence-corrected chi connectivity index (χ0v) is 14.1. The van der Waals surface area contributed by atoms with Gasteiger partial charge < -0.3 is 14.7 Å². The summed E-state index contributed by atoms with van der Waals surface area (Å²) in [5.74, 6) is 6.17. The maximum absolute atomic E-state index is 12.6. The van der Waals surface area contributed by atoms with E-state index < -0.39 is 5.60 Å². The number of carbonyl (C=O) groups excluding carboxylic acids is 1. The van der Waals surface area contributed by atoms with Crippen LogP contribution >= 0.6 is 0 Å². The van der Waals surface area contributed by atoms with E-state index in [1.807, 2.05) is 17.0 Å². The predicted molar refractivity (Wildman–Crippen MR) is 90.1 cm³/mol. The molecule has 1 aromatic carbocycles. The van der Waals surface area contributed by atoms with Crippen molar-refractivity contribution in [1.82, 2.24) is 4.90 Å². The first-order valence-electron chi connectivity index (χ1n) is 8.03. The van der Waals surface area contributed by atoms with Gasteiger partial charge in [-0.2, -0.15) is 0 Å². The molecule has 1 heterocycles. The number of aliphatic hydroxyl groups is 1. The summed E-state index contributed by atoms with van der Waals surface area (Å²) in [4.78, 5) is 14.5. The maximum atomic E-state index is 12.6. The molecule has 1 N–H and O–H groups in total. The summed E-state index contributed by atoms with van der Waals surface area (Å²) in [6.45, 7) is 5.55. The summed E-state index contributed by atoms with van der Waals surface area (Å²) in [6, 6.07) is 7.25. The summed E-state index contributed by atoms with van der Waals surface area (Å²) < 4.78 is 5.21. The number of rotatable bonds is 3. The Balaban J connectivity index is 2.03. The number of piperidine rings is 1. The summed E-state index contributed by atoms with van der Waals surface area (Å²) in [7, 11) is 1.70. The highest BCUT2D eigenvalue weighted by atomic mass is 16.5. The molecule has 124 valence electrons. The molecule has 23 heavy (non-hydrogen) atoms. The largest absolute Gasteiger partial charge is 0.384 e. The number of ether oxygens (including phenoxy) is 1. The fraction of sp³-hybridized carbons (Fsp3) is 0.526. The van der Waals surface area contributed by atoms with Gasteiger partial charge in [0, 0.05) is 31.3 Å². The average Bonchev–Trinajstić information content (AvgIpc) is 2.53. The van der Waals surface area contributed by atoms with E-state index in [0.29, 0.717) is 18.1 Å². The van der Waals surface area contributed by atoms with E-state index in [9.17, 15) is 9.90 Å². The zero-order valence-electron chi connectivity index (χ0n) is 14.1. The van der Waals surface area contributed by atoms with Crippen LogP contribution in [-0.4, -0.2) is 48.3 Å². The third-order valence-corrected chi connectivity index (χ3v) is 3.85. The number of benzene rings is 1. The van der Waals surface area contributed by atoms with Gasteiger partial charge in [0.2, 0.25) is 0 Å². The highest BCUT2D eigenvalue weighted by molar-refractivity contribution is 5.94. The Kier molecular flexibility index (Phi) is 5.81. The van der Waals surface area contributed by atoms with Crippen LogP contribution in [0, 0.1) is 17.8 Å². The Labute approximate surface area is 138 Å². The first-order valence-corrected chi connectivity index (χ1v) is 8.03. The summed E-state index contributed by atoms with van der Waals surface area (Å²) >= 11 is 0. The number of methoxy groups -OCH3 is 1. The second-order valence-corrected chi connectivity index (χ2v) is 6.60. The molecule has 1 amide bonds. The second-order valence-electron chi connectivity index (χ2n) is 6.60. The van der Waals surface area contributed by atoms with Crippen LogP contribution in [0.5, 0.6) is 0 Å². The van der Waals surface area contributed by atoms with E-state index in [0.717, 1.165) is 31.5 Å². The minimum Gasteiger partial charge on any atom is -0.384 e. The van der Waals surface area contributed by atoms with Crippen molar-refractivity contribution in [3.05, 3.63) is 35.4 Å². The zero-order chi connectivity index (χ0) is 16.9. The van der Waals surface area contributed by atoms with Crippen molar-refractivity contribution >= 4 is 5.91 Å². The van der Waals surface area contributed by atoms with Gasteiger partial charge in [0.1, 0.15) is 5.60 Å². The number of likely N-dealkylation sites (tertiary alicyclic amines) is 1. The number of carbonyl (C=O) groups is 1. The fourth-order valence-electron chi connectivity index (χ4n) is 2.73. The smallest absolute Gasteiger partial charge is 0.253 e. The van der Waals surface area contributed by atoms with Crippen molar-refractivity contribution in [1.29, 1.82) is 0 Å². The third kappa shape index (κ3) is 5.38. The molecule has 1 aliphatic heterocycles. The van der Waals surface area contributed by atoms with Crippen LogP contribution < -0.4 is 0 Å². The van der Waals surface area contributed by atoms with Crippen molar-refractivity contribution in [2.24, 2.45) is 5.92 Å². The minimum atomic E-state index is -1.02. The van der Waals surface area contributed by atoms with Crippen molar-refractivity contribution in [2.45, 2.75) is 32.3 Å². The molecule has 1 aliphatic rings. The van der Waals surface area contributed by atoms with Crippen LogP contribution in [0.3, 0.4) is 0 Å². The Morgan fingerprint density at radius 3 is 2.70 bits per heavy atom. The summed E-state index contributed by atoms with van der Waals surface area (Å²) in [5, 5.41) is 9.62. The van der Waals surface area contributed by atoms with Crippen LogP contribution in [0.1, 0.15) is 42.6 Å². The highest BCUT2D eigenvalue weighted by Gasteiger charge is 2.24. The lowest BCUT2D eigenvalue weighted by Gasteiger charge is -2.32. The Morgan fingerprint density at radius 2 is 2.09 bits per heavy atom. The van der Waals surface area contributed by atoms with Crippen molar-refractivity contribution in [3.8, 4) is 11.8 Å². The van der Waals surface area contributed by atoms with Crippen LogP contribution in [0.4, 0.5) is 0 Å². The predicted octanol–water partition coefficient (Wildman–Crippen LogP) is 2.31. The molecule has 0 saturated carbocycles. The minimum absolute atomic E-state index is 0.0628. The monoisotopic (exact) mass is 315 g/mol. The molecule has 4 heteroatoms. The Bertz CT molecular complexity index is 588. The SMILES string of the molecule is COC[C@H]1CCCN(C(=O)c2ccc(C#CC(C)(C)O)cc2)C1. The summed E-state index contributed by atoms with van der Waals surface area (Å²) in [5.41, 5.74) is 0.454. The second kappa shape index (κ2) is 7.63. The van der Waals surface area contributed by atoms with Crippen LogP contribution in [-0.2, 0) is 4.74 Å². The van der Waals surface area contributed by atoms with Crippen LogP contribution in [0.15, 0.2) is 24.3 Å². The molecule has 1 atom stereocenters. The molecule has 0 aliphatic carbocycles. The number of nitrogens with zero attached hydrogens (tertiary/aromatic N) is 1. The number of hydrogen-bond acceptors (Lipinski definition) is 3. The lowest BCUT2D eigenvalue weighted by molar-refractivity contribution is 0.0571. The Morgan fingerprint density at radius 1 is 1.39 bits per heavy atom. The summed E-state index contributed by atoms with van der Waals surface area (Å²) in [6.07, 6.45) is 2.14. The molecule has 0 spiro atoms. The molecule has 4 nitrogen and oxygen atoms in total. The van der Waals surface area contributed by atoms with Crippen LogP contribution in [0.25, 0.3) is 0 Å². The average molecular weight is 315 g/mol. The van der Waals surface area contributed by atoms with Crippen LogP contribution in [0.2, 0.25) is 0 Å². The third-order valence-electron chi connectivity index (χ3n) is 3.85. The topological polar surface area (TPSA) is 49.8 Å². The fourth-order valence-corrected chi connectivity index (χ4v) is 2.73. The standard InChI is InChI=1S/C19H25NO3/c1-19(2,22)11-10-15-6-8-17(9-7-15)18(21)20-12-4-5-16(13-20)14-23-3/h6-9,16,22H,4-5,12-14H2,1-3H3/t16-/m0/s1. The van der Waals surface area contributed by atoms with E-state index in [4.69, 9.17) is 4.74 Å². The van der Waals surface area contributed by atoms with Gasteiger partial charge in [0.15, 0.2) is 0 Å². The van der Waals surface area contributed by atoms with Gasteiger partial charge in [-0.05, 0) is 56.9 Å². The quantitative estimate of drug-likeness (QED) is 0.871. The van der Waals surface area contributed by atoms with E-state index in [2.05, 4.69) is 11.8 Å².